The van der Waals surface area contributed by atoms with Crippen LogP contribution in [0.3, 0.4) is 0 Å². The second-order valence-corrected chi connectivity index (χ2v) is 4.81. The molecule has 3 aromatic rings. The van der Waals surface area contributed by atoms with Crippen LogP contribution >= 0.6 is 23.2 Å². The van der Waals surface area contributed by atoms with Crippen molar-refractivity contribution in [1.82, 2.24) is 14.6 Å². The zero-order valence-corrected chi connectivity index (χ0v) is 11.3. The van der Waals surface area contributed by atoms with Crippen molar-refractivity contribution in [2.75, 3.05) is 0 Å². The van der Waals surface area contributed by atoms with Crippen LogP contribution < -0.4 is 0 Å². The molecule has 3 rings (SSSR count). The summed E-state index contributed by atoms with van der Waals surface area (Å²) in [7, 11) is 0. The number of pyridine rings is 1. The Kier molecular flexibility index (Phi) is 3.04. The minimum atomic E-state index is -0.552. The van der Waals surface area contributed by atoms with Gasteiger partial charge in [0, 0.05) is 18.3 Å². The Hall–Kier alpha value is -2.18. The van der Waals surface area contributed by atoms with E-state index in [1.807, 2.05) is 12.1 Å². The largest absolute Gasteiger partial charge is 0.282 e. The van der Waals surface area contributed by atoms with Gasteiger partial charge in [0.2, 0.25) is 0 Å². The molecule has 0 N–H and O–H groups in total. The van der Waals surface area contributed by atoms with E-state index < -0.39 is 4.92 Å². The fourth-order valence-corrected chi connectivity index (χ4v) is 2.54. The molecule has 1 aromatic carbocycles. The van der Waals surface area contributed by atoms with Crippen molar-refractivity contribution in [3.8, 4) is 11.4 Å². The number of non-ortho nitro benzene ring substituents is 1. The van der Waals surface area contributed by atoms with Crippen LogP contribution in [0.2, 0.25) is 10.0 Å². The smallest absolute Gasteiger partial charge is 0.272 e. The third-order valence-corrected chi connectivity index (χ3v) is 3.37. The Morgan fingerprint density at radius 3 is 2.50 bits per heavy atom. The van der Waals surface area contributed by atoms with Gasteiger partial charge in [-0.2, -0.15) is 0 Å². The molecule has 0 spiro atoms. The van der Waals surface area contributed by atoms with E-state index in [1.54, 1.807) is 16.7 Å². The number of hydrogen-bond acceptors (Lipinski definition) is 4. The van der Waals surface area contributed by atoms with Crippen LogP contribution in [0.25, 0.3) is 17.0 Å². The maximum absolute atomic E-state index is 10.8. The molecule has 0 fully saturated rings. The molecule has 8 heteroatoms. The van der Waals surface area contributed by atoms with Gasteiger partial charge in [0.1, 0.15) is 0 Å². The number of rotatable bonds is 2. The third kappa shape index (κ3) is 1.99. The summed E-state index contributed by atoms with van der Waals surface area (Å²) in [5, 5.41) is 19.1. The first kappa shape index (κ1) is 12.8. The van der Waals surface area contributed by atoms with Gasteiger partial charge >= 0.3 is 0 Å². The van der Waals surface area contributed by atoms with Crippen LogP contribution in [0.15, 0.2) is 36.5 Å². The summed E-state index contributed by atoms with van der Waals surface area (Å²) in [6.45, 7) is 0. The van der Waals surface area contributed by atoms with Crippen LogP contribution in [0, 0.1) is 10.1 Å². The van der Waals surface area contributed by atoms with Gasteiger partial charge < -0.3 is 0 Å². The number of aromatic nitrogens is 3. The first-order chi connectivity index (χ1) is 9.58. The van der Waals surface area contributed by atoms with E-state index in [0.29, 0.717) is 17.0 Å². The van der Waals surface area contributed by atoms with Gasteiger partial charge in [-0.3, -0.25) is 14.5 Å². The van der Waals surface area contributed by atoms with E-state index >= 15 is 0 Å². The van der Waals surface area contributed by atoms with E-state index in [4.69, 9.17) is 23.2 Å². The van der Waals surface area contributed by atoms with Crippen LogP contribution in [0.1, 0.15) is 0 Å². The highest BCUT2D eigenvalue weighted by atomic mass is 35.5. The molecule has 2 heterocycles. The third-order valence-electron chi connectivity index (χ3n) is 2.78. The number of nitrogens with zero attached hydrogens (tertiary/aromatic N) is 4. The van der Waals surface area contributed by atoms with Crippen LogP contribution in [-0.4, -0.2) is 19.5 Å². The first-order valence-electron chi connectivity index (χ1n) is 5.51. The lowest BCUT2D eigenvalue weighted by atomic mass is 10.2. The molecule has 0 amide bonds. The normalized spacial score (nSPS) is 10.9. The van der Waals surface area contributed by atoms with Crippen LogP contribution in [-0.2, 0) is 0 Å². The van der Waals surface area contributed by atoms with Gasteiger partial charge in [0.15, 0.2) is 11.5 Å². The van der Waals surface area contributed by atoms with E-state index in [9.17, 15) is 10.1 Å². The Balaban J connectivity index is 2.27. The molecule has 0 aliphatic rings. The molecule has 0 radical (unpaired) electrons. The van der Waals surface area contributed by atoms with Crippen molar-refractivity contribution in [1.29, 1.82) is 0 Å². The van der Waals surface area contributed by atoms with Crippen molar-refractivity contribution in [3.63, 3.8) is 0 Å². The second kappa shape index (κ2) is 4.73. The average Bonchev–Trinajstić information content (AvgIpc) is 2.82. The summed E-state index contributed by atoms with van der Waals surface area (Å²) in [5.74, 6) is 0.436. The number of nitro groups is 1. The Bertz CT molecular complexity index is 808. The number of halogens is 2. The predicted octanol–water partition coefficient (Wildman–Crippen LogP) is 3.61. The zero-order chi connectivity index (χ0) is 14.3. The SMILES string of the molecule is O=[N+]([O-])c1cc(Cl)c(-c2nnc3ccccn23)c(Cl)c1. The first-order valence-corrected chi connectivity index (χ1v) is 6.27. The van der Waals surface area contributed by atoms with E-state index in [0.717, 1.165) is 0 Å². The molecule has 0 saturated carbocycles. The summed E-state index contributed by atoms with van der Waals surface area (Å²) in [4.78, 5) is 10.2. The summed E-state index contributed by atoms with van der Waals surface area (Å²) in [6.07, 6.45) is 1.76. The monoisotopic (exact) mass is 308 g/mol. The summed E-state index contributed by atoms with van der Waals surface area (Å²) < 4.78 is 1.71. The number of benzene rings is 1. The molecule has 0 bridgehead atoms. The number of nitro benzene ring substituents is 1. The molecule has 100 valence electrons. The Morgan fingerprint density at radius 2 is 1.85 bits per heavy atom. The van der Waals surface area contributed by atoms with Gasteiger partial charge in [-0.15, -0.1) is 10.2 Å². The van der Waals surface area contributed by atoms with E-state index in [2.05, 4.69) is 10.2 Å². The molecular formula is C12H6Cl2N4O2. The Labute approximate surface area is 122 Å². The van der Waals surface area contributed by atoms with Crippen molar-refractivity contribution >= 4 is 34.5 Å². The standard InChI is InChI=1S/C12H6Cl2N4O2/c13-8-5-7(18(19)20)6-9(14)11(8)12-16-15-10-3-1-2-4-17(10)12/h1-6H. The molecular weight excluding hydrogens is 303 g/mol. The van der Waals surface area contributed by atoms with Crippen molar-refractivity contribution in [2.45, 2.75) is 0 Å². The topological polar surface area (TPSA) is 73.3 Å². The lowest BCUT2D eigenvalue weighted by Gasteiger charge is -2.05. The summed E-state index contributed by atoms with van der Waals surface area (Å²) in [5.41, 5.74) is 0.878. The molecule has 0 unspecified atom stereocenters. The summed E-state index contributed by atoms with van der Waals surface area (Å²) in [6, 6.07) is 7.91. The van der Waals surface area contributed by atoms with Crippen LogP contribution in [0.4, 0.5) is 5.69 Å². The number of fused-ring (bicyclic) bond motifs is 1. The average molecular weight is 309 g/mol. The molecule has 0 atom stereocenters. The highest BCUT2D eigenvalue weighted by molar-refractivity contribution is 6.39. The molecule has 0 saturated heterocycles. The van der Waals surface area contributed by atoms with Crippen LogP contribution in [0.5, 0.6) is 0 Å². The minimum Gasteiger partial charge on any atom is -0.282 e. The number of hydrogen-bond donors (Lipinski definition) is 0. The lowest BCUT2D eigenvalue weighted by molar-refractivity contribution is -0.384. The molecule has 0 aliphatic carbocycles. The zero-order valence-electron chi connectivity index (χ0n) is 9.83. The fraction of sp³-hybridized carbons (Fsp3) is 0. The predicted molar refractivity (Wildman–Crippen MR) is 75.1 cm³/mol. The maximum atomic E-state index is 10.8. The quantitative estimate of drug-likeness (QED) is 0.535. The highest BCUT2D eigenvalue weighted by Crippen LogP contribution is 2.37. The van der Waals surface area contributed by atoms with E-state index in [1.165, 1.54) is 12.1 Å². The van der Waals surface area contributed by atoms with Crippen molar-refractivity contribution in [3.05, 3.63) is 56.7 Å². The van der Waals surface area contributed by atoms with Gasteiger partial charge in [-0.25, -0.2) is 0 Å². The fourth-order valence-electron chi connectivity index (χ4n) is 1.89. The molecule has 20 heavy (non-hydrogen) atoms. The summed E-state index contributed by atoms with van der Waals surface area (Å²) >= 11 is 12.2. The van der Waals surface area contributed by atoms with Gasteiger partial charge in [-0.1, -0.05) is 29.3 Å². The van der Waals surface area contributed by atoms with E-state index in [-0.39, 0.29) is 15.7 Å². The van der Waals surface area contributed by atoms with Crippen molar-refractivity contribution in [2.24, 2.45) is 0 Å². The Morgan fingerprint density at radius 1 is 1.15 bits per heavy atom. The van der Waals surface area contributed by atoms with Gasteiger partial charge in [0.05, 0.1) is 20.5 Å². The maximum Gasteiger partial charge on any atom is 0.272 e. The minimum absolute atomic E-state index is 0.155. The lowest BCUT2D eigenvalue weighted by Crippen LogP contribution is -1.93. The molecule has 2 aromatic heterocycles. The van der Waals surface area contributed by atoms with Crippen molar-refractivity contribution < 1.29 is 4.92 Å². The highest BCUT2D eigenvalue weighted by Gasteiger charge is 2.19. The van der Waals surface area contributed by atoms with Gasteiger partial charge in [-0.05, 0) is 12.1 Å². The molecule has 6 nitrogen and oxygen atoms in total. The van der Waals surface area contributed by atoms with Gasteiger partial charge in [0.25, 0.3) is 5.69 Å². The second-order valence-electron chi connectivity index (χ2n) is 3.99. The molecule has 0 aliphatic heterocycles.